The molecule has 0 radical (unpaired) electrons. The lowest BCUT2D eigenvalue weighted by Gasteiger charge is -2.21. The van der Waals surface area contributed by atoms with Crippen LogP contribution in [0.2, 0.25) is 0 Å². The summed E-state index contributed by atoms with van der Waals surface area (Å²) in [5.41, 5.74) is 0. The molecule has 0 amide bonds. The molecule has 0 aliphatic rings. The largest absolute Gasteiger partial charge is 0.472 e. The summed E-state index contributed by atoms with van der Waals surface area (Å²) in [5, 5.41) is 10.6. The van der Waals surface area contributed by atoms with Gasteiger partial charge in [-0.1, -0.05) is 362 Å². The molecule has 0 aromatic heterocycles. The minimum Gasteiger partial charge on any atom is -0.462 e. The zero-order valence-electron chi connectivity index (χ0n) is 63.2. The molecule has 97 heavy (non-hydrogen) atoms. The molecule has 0 aliphatic carbocycles. The van der Waals surface area contributed by atoms with Gasteiger partial charge in [0.1, 0.15) is 19.3 Å². The van der Waals surface area contributed by atoms with Crippen molar-refractivity contribution in [1.29, 1.82) is 0 Å². The van der Waals surface area contributed by atoms with E-state index < -0.39 is 97.5 Å². The maximum Gasteiger partial charge on any atom is 0.472 e. The Balaban J connectivity index is 5.20. The van der Waals surface area contributed by atoms with E-state index in [1.807, 2.05) is 0 Å². The number of aliphatic hydroxyl groups excluding tert-OH is 1. The van der Waals surface area contributed by atoms with Gasteiger partial charge < -0.3 is 33.8 Å². The number of carbonyl (C=O) groups is 4. The van der Waals surface area contributed by atoms with Crippen LogP contribution in [0.5, 0.6) is 0 Å². The highest BCUT2D eigenvalue weighted by Gasteiger charge is 2.30. The maximum atomic E-state index is 13.1. The minimum absolute atomic E-state index is 0.106. The number of ether oxygens (including phenoxy) is 4. The van der Waals surface area contributed by atoms with E-state index in [0.717, 1.165) is 96.3 Å². The normalized spacial score (nSPS) is 13.9. The lowest BCUT2D eigenvalue weighted by molar-refractivity contribution is -0.161. The predicted octanol–water partition coefficient (Wildman–Crippen LogP) is 23.3. The van der Waals surface area contributed by atoms with E-state index in [2.05, 4.69) is 34.6 Å². The average molecular weight is 1420 g/mol. The lowest BCUT2D eigenvalue weighted by Crippen LogP contribution is -2.30. The van der Waals surface area contributed by atoms with E-state index in [9.17, 15) is 43.2 Å². The van der Waals surface area contributed by atoms with Gasteiger partial charge >= 0.3 is 39.5 Å². The first-order valence-electron chi connectivity index (χ1n) is 40.6. The van der Waals surface area contributed by atoms with Crippen molar-refractivity contribution in [2.75, 3.05) is 39.6 Å². The Morgan fingerprint density at radius 1 is 0.278 bits per heavy atom. The molecular formula is C78H152O17P2. The summed E-state index contributed by atoms with van der Waals surface area (Å²) in [4.78, 5) is 72.8. The summed E-state index contributed by atoms with van der Waals surface area (Å²) in [7, 11) is -9.91. The molecule has 17 nitrogen and oxygen atoms in total. The molecule has 19 heteroatoms. The second-order valence-corrected chi connectivity index (χ2v) is 31.5. The smallest absolute Gasteiger partial charge is 0.462 e. The van der Waals surface area contributed by atoms with Crippen LogP contribution in [0, 0.1) is 5.92 Å². The summed E-state index contributed by atoms with van der Waals surface area (Å²) in [6, 6.07) is 0. The molecule has 576 valence electrons. The molecule has 0 aliphatic heterocycles. The van der Waals surface area contributed by atoms with E-state index in [4.69, 9.17) is 37.0 Å². The molecule has 0 rings (SSSR count). The fourth-order valence-electron chi connectivity index (χ4n) is 12.1. The van der Waals surface area contributed by atoms with E-state index >= 15 is 0 Å². The van der Waals surface area contributed by atoms with Gasteiger partial charge in [-0.2, -0.15) is 0 Å². The summed E-state index contributed by atoms with van der Waals surface area (Å²) in [6.45, 7) is 7.22. The van der Waals surface area contributed by atoms with Crippen molar-refractivity contribution < 1.29 is 80.2 Å². The molecule has 0 spiro atoms. The molecule has 2 unspecified atom stereocenters. The minimum atomic E-state index is -4.96. The van der Waals surface area contributed by atoms with Gasteiger partial charge in [0.2, 0.25) is 0 Å². The van der Waals surface area contributed by atoms with Crippen LogP contribution in [0.1, 0.15) is 413 Å². The summed E-state index contributed by atoms with van der Waals surface area (Å²) in [6.07, 6.45) is 61.3. The number of esters is 4. The number of hydrogen-bond acceptors (Lipinski definition) is 15. The van der Waals surface area contributed by atoms with Gasteiger partial charge in [0.05, 0.1) is 26.4 Å². The van der Waals surface area contributed by atoms with E-state index in [1.54, 1.807) is 0 Å². The van der Waals surface area contributed by atoms with Crippen molar-refractivity contribution >= 4 is 39.5 Å². The first-order valence-corrected chi connectivity index (χ1v) is 43.6. The molecule has 0 aromatic carbocycles. The highest BCUT2D eigenvalue weighted by atomic mass is 31.2. The maximum absolute atomic E-state index is 13.1. The fourth-order valence-corrected chi connectivity index (χ4v) is 13.6. The zero-order chi connectivity index (χ0) is 71.2. The van der Waals surface area contributed by atoms with Crippen molar-refractivity contribution in [2.45, 2.75) is 432 Å². The molecule has 3 N–H and O–H groups in total. The van der Waals surface area contributed by atoms with Gasteiger partial charge in [-0.05, 0) is 31.6 Å². The SMILES string of the molecule is CCCCCCCCCCCCCCCCCCCCCCC(=O)O[C@H](COC(=O)CCCCCCCCCCCCCCCCCCC)COP(=O)(O)OC[C@@H](O)COP(=O)(O)OC[C@@H](COC(=O)CCCCCCCCC(C)C)OC(=O)CCCCCCCCCCCCC. The zero-order valence-corrected chi connectivity index (χ0v) is 65.0. The van der Waals surface area contributed by atoms with Crippen molar-refractivity contribution in [1.82, 2.24) is 0 Å². The number of carbonyl (C=O) groups excluding carboxylic acids is 4. The Labute approximate surface area is 594 Å². The summed E-state index contributed by atoms with van der Waals surface area (Å²) < 4.78 is 68.5. The average Bonchev–Trinajstić information content (AvgIpc) is 1.54. The monoisotopic (exact) mass is 1420 g/mol. The van der Waals surface area contributed by atoms with Crippen molar-refractivity contribution in [3.8, 4) is 0 Å². The second kappa shape index (κ2) is 71.1. The van der Waals surface area contributed by atoms with E-state index in [-0.39, 0.29) is 25.7 Å². The van der Waals surface area contributed by atoms with Crippen LogP contribution in [-0.4, -0.2) is 96.7 Å². The van der Waals surface area contributed by atoms with Crippen LogP contribution in [0.15, 0.2) is 0 Å². The Morgan fingerprint density at radius 3 is 0.701 bits per heavy atom. The van der Waals surface area contributed by atoms with Crippen molar-refractivity contribution in [3.05, 3.63) is 0 Å². The van der Waals surface area contributed by atoms with Gasteiger partial charge in [0.15, 0.2) is 12.2 Å². The molecule has 0 bridgehead atoms. The number of phosphoric acid groups is 2. The molecule has 0 aromatic rings. The van der Waals surface area contributed by atoms with E-state index in [1.165, 1.54) is 231 Å². The van der Waals surface area contributed by atoms with E-state index in [0.29, 0.717) is 31.6 Å². The topological polar surface area (TPSA) is 237 Å². The van der Waals surface area contributed by atoms with Crippen LogP contribution >= 0.6 is 15.6 Å². The van der Waals surface area contributed by atoms with Gasteiger partial charge in [-0.15, -0.1) is 0 Å². The van der Waals surface area contributed by atoms with Crippen molar-refractivity contribution in [3.63, 3.8) is 0 Å². The Bertz CT molecular complexity index is 1860. The van der Waals surface area contributed by atoms with Gasteiger partial charge in [-0.25, -0.2) is 9.13 Å². The number of aliphatic hydroxyl groups is 1. The molecule has 5 atom stereocenters. The Morgan fingerprint density at radius 2 is 0.474 bits per heavy atom. The molecule has 0 saturated carbocycles. The predicted molar refractivity (Wildman–Crippen MR) is 395 cm³/mol. The van der Waals surface area contributed by atoms with Gasteiger partial charge in [0, 0.05) is 25.7 Å². The summed E-state index contributed by atoms with van der Waals surface area (Å²) >= 11 is 0. The third-order valence-electron chi connectivity index (χ3n) is 18.3. The van der Waals surface area contributed by atoms with Gasteiger partial charge in [0.25, 0.3) is 0 Å². The third kappa shape index (κ3) is 72.2. The number of hydrogen-bond donors (Lipinski definition) is 3. The highest BCUT2D eigenvalue weighted by Crippen LogP contribution is 2.45. The summed E-state index contributed by atoms with van der Waals surface area (Å²) in [5.74, 6) is -1.43. The first-order chi connectivity index (χ1) is 47.0. The molecule has 0 saturated heterocycles. The fraction of sp³-hybridized carbons (Fsp3) is 0.949. The highest BCUT2D eigenvalue weighted by molar-refractivity contribution is 7.47. The number of rotatable bonds is 78. The number of unbranched alkanes of at least 4 members (excludes halogenated alkanes) is 50. The lowest BCUT2D eigenvalue weighted by atomic mass is 10.0. The quantitative estimate of drug-likeness (QED) is 0.0222. The standard InChI is InChI=1S/C78H152O17P2/c1-6-9-12-15-18-21-24-26-28-30-31-32-34-36-38-41-44-47-54-59-64-78(83)94-73(67-88-75(80)61-56-51-45-42-40-37-35-33-29-27-25-22-19-16-13-10-7-2)69-92-96(84,85)90-65-72(79)66-91-97(86,87)93-70-74(68-89-76(81)62-57-52-49-48-50-55-60-71(4)5)95-77(82)63-58-53-46-43-39-23-20-17-14-11-8-3/h71-74,79H,6-70H2,1-5H3,(H,84,85)(H,86,87)/t72-,73-,74-/m1/s1. The van der Waals surface area contributed by atoms with Crippen LogP contribution in [0.25, 0.3) is 0 Å². The van der Waals surface area contributed by atoms with Crippen LogP contribution in [0.4, 0.5) is 0 Å². The van der Waals surface area contributed by atoms with Crippen LogP contribution in [0.3, 0.4) is 0 Å². The van der Waals surface area contributed by atoms with Crippen molar-refractivity contribution in [2.24, 2.45) is 5.92 Å². The van der Waals surface area contributed by atoms with Crippen LogP contribution < -0.4 is 0 Å². The Kier molecular flexibility index (Phi) is 69.6. The van der Waals surface area contributed by atoms with Crippen LogP contribution in [-0.2, 0) is 65.4 Å². The molecule has 0 heterocycles. The molecular weight excluding hydrogens is 1270 g/mol. The number of phosphoric ester groups is 2. The second-order valence-electron chi connectivity index (χ2n) is 28.6. The van der Waals surface area contributed by atoms with Gasteiger partial charge in [-0.3, -0.25) is 37.3 Å². The molecule has 0 fully saturated rings. The Hall–Kier alpha value is -1.94. The third-order valence-corrected chi connectivity index (χ3v) is 20.2. The first kappa shape index (κ1) is 95.1.